The van der Waals surface area contributed by atoms with E-state index in [4.69, 9.17) is 4.74 Å². The third-order valence-electron chi connectivity index (χ3n) is 4.23. The lowest BCUT2D eigenvalue weighted by atomic mass is 9.84. The Morgan fingerprint density at radius 3 is 2.74 bits per heavy atom. The number of benzene rings is 1. The second-order valence-corrected chi connectivity index (χ2v) is 5.78. The third-order valence-corrected chi connectivity index (χ3v) is 4.23. The summed E-state index contributed by atoms with van der Waals surface area (Å²) in [4.78, 5) is 26.1. The van der Waals surface area contributed by atoms with E-state index in [1.54, 1.807) is 31.2 Å². The molecule has 0 unspecified atom stereocenters. The summed E-state index contributed by atoms with van der Waals surface area (Å²) in [7, 11) is 3.31. The number of nitrogens with one attached hydrogen (secondary N) is 1. The number of nitrogens with zero attached hydrogens (tertiary/aromatic N) is 1. The molecule has 0 saturated carbocycles. The van der Waals surface area contributed by atoms with Gasteiger partial charge in [-0.15, -0.1) is 0 Å². The second-order valence-electron chi connectivity index (χ2n) is 5.78. The highest BCUT2D eigenvalue weighted by Gasteiger charge is 2.38. The van der Waals surface area contributed by atoms with E-state index in [1.807, 2.05) is 0 Å². The Kier molecular flexibility index (Phi) is 6.10. The summed E-state index contributed by atoms with van der Waals surface area (Å²) in [5.41, 5.74) is 0.777. The molecule has 1 aromatic rings. The predicted octanol–water partition coefficient (Wildman–Crippen LogP) is 1.89. The third kappa shape index (κ3) is 4.28. The molecule has 0 spiro atoms. The lowest BCUT2D eigenvalue weighted by molar-refractivity contribution is -0.141. The minimum Gasteiger partial charge on any atom is -0.385 e. The van der Waals surface area contributed by atoms with Gasteiger partial charge >= 0.3 is 0 Å². The smallest absolute Gasteiger partial charge is 0.225 e. The van der Waals surface area contributed by atoms with Crippen LogP contribution >= 0.6 is 0 Å². The summed E-state index contributed by atoms with van der Waals surface area (Å²) in [6.45, 7) is 1.13. The fraction of sp³-hybridized carbons (Fsp3) is 0.529. The highest BCUT2D eigenvalue weighted by Crippen LogP contribution is 2.35. The summed E-state index contributed by atoms with van der Waals surface area (Å²) in [6.07, 6.45) is 1.59. The first-order valence-electron chi connectivity index (χ1n) is 7.82. The summed E-state index contributed by atoms with van der Waals surface area (Å²) in [5, 5.41) is 2.90. The average molecular weight is 322 g/mol. The van der Waals surface area contributed by atoms with Crippen LogP contribution in [0.3, 0.4) is 0 Å². The molecule has 1 heterocycles. The van der Waals surface area contributed by atoms with Crippen LogP contribution in [-0.2, 0) is 14.3 Å². The van der Waals surface area contributed by atoms with Crippen molar-refractivity contribution in [2.24, 2.45) is 5.92 Å². The summed E-state index contributed by atoms with van der Waals surface area (Å²) < 4.78 is 18.1. The zero-order valence-electron chi connectivity index (χ0n) is 13.5. The quantitative estimate of drug-likeness (QED) is 0.814. The molecule has 23 heavy (non-hydrogen) atoms. The van der Waals surface area contributed by atoms with Gasteiger partial charge in [-0.3, -0.25) is 9.59 Å². The van der Waals surface area contributed by atoms with Gasteiger partial charge in [-0.05, 0) is 30.5 Å². The van der Waals surface area contributed by atoms with Crippen molar-refractivity contribution in [1.82, 2.24) is 10.2 Å². The number of likely N-dealkylation sites (tertiary alicyclic amines) is 1. The first kappa shape index (κ1) is 17.4. The molecular weight excluding hydrogens is 299 g/mol. The maximum atomic E-state index is 13.2. The van der Waals surface area contributed by atoms with E-state index in [-0.39, 0.29) is 29.6 Å². The molecule has 1 aliphatic rings. The molecule has 1 aliphatic heterocycles. The van der Waals surface area contributed by atoms with Gasteiger partial charge < -0.3 is 15.0 Å². The Labute approximate surface area is 135 Å². The number of methoxy groups -OCH3 is 1. The molecule has 0 radical (unpaired) electrons. The molecule has 2 amide bonds. The normalized spacial score (nSPS) is 21.3. The van der Waals surface area contributed by atoms with E-state index >= 15 is 0 Å². The van der Waals surface area contributed by atoms with Crippen LogP contribution in [0.2, 0.25) is 0 Å². The van der Waals surface area contributed by atoms with Gasteiger partial charge in [0.2, 0.25) is 11.8 Å². The molecule has 5 nitrogen and oxygen atoms in total. The highest BCUT2D eigenvalue weighted by atomic mass is 19.1. The van der Waals surface area contributed by atoms with Crippen LogP contribution in [0.5, 0.6) is 0 Å². The Morgan fingerprint density at radius 1 is 1.39 bits per heavy atom. The molecule has 1 saturated heterocycles. The second kappa shape index (κ2) is 8.06. The van der Waals surface area contributed by atoms with Crippen LogP contribution in [0.15, 0.2) is 24.3 Å². The number of carbonyl (C=O) groups is 2. The van der Waals surface area contributed by atoms with Crippen molar-refractivity contribution in [1.29, 1.82) is 0 Å². The fourth-order valence-electron chi connectivity index (χ4n) is 2.99. The molecule has 1 fully saturated rings. The standard InChI is InChI=1S/C17H23FN2O3/c1-20-15(21)9-8-14(17(22)19-10-3-11-23-2)16(20)12-4-6-13(18)7-5-12/h4-7,14,16H,3,8-11H2,1-2H3,(H,19,22)/t14-,16-/m1/s1. The maximum absolute atomic E-state index is 13.2. The van der Waals surface area contributed by atoms with Crippen molar-refractivity contribution in [3.63, 3.8) is 0 Å². The number of rotatable bonds is 6. The maximum Gasteiger partial charge on any atom is 0.225 e. The van der Waals surface area contributed by atoms with Crippen molar-refractivity contribution in [3.8, 4) is 0 Å². The Bertz CT molecular complexity index is 547. The lowest BCUT2D eigenvalue weighted by Gasteiger charge is -2.38. The fourth-order valence-corrected chi connectivity index (χ4v) is 2.99. The van der Waals surface area contributed by atoms with Gasteiger partial charge in [-0.2, -0.15) is 0 Å². The molecule has 1 aromatic carbocycles. The first-order valence-corrected chi connectivity index (χ1v) is 7.82. The Morgan fingerprint density at radius 2 is 2.09 bits per heavy atom. The van der Waals surface area contributed by atoms with Crippen molar-refractivity contribution >= 4 is 11.8 Å². The van der Waals surface area contributed by atoms with E-state index in [0.717, 1.165) is 12.0 Å². The number of piperidine rings is 1. The highest BCUT2D eigenvalue weighted by molar-refractivity contribution is 5.84. The molecule has 6 heteroatoms. The summed E-state index contributed by atoms with van der Waals surface area (Å²) in [5.74, 6) is -0.734. The van der Waals surface area contributed by atoms with Crippen molar-refractivity contribution in [3.05, 3.63) is 35.6 Å². The topological polar surface area (TPSA) is 58.6 Å². The predicted molar refractivity (Wildman–Crippen MR) is 84.1 cm³/mol. The number of halogens is 1. The number of amides is 2. The molecule has 2 atom stereocenters. The number of ether oxygens (including phenoxy) is 1. The van der Waals surface area contributed by atoms with Gasteiger partial charge in [-0.25, -0.2) is 4.39 Å². The van der Waals surface area contributed by atoms with Crippen LogP contribution in [-0.4, -0.2) is 44.0 Å². The minimum atomic E-state index is -0.362. The van der Waals surface area contributed by atoms with E-state index in [2.05, 4.69) is 5.32 Å². The molecular formula is C17H23FN2O3. The van der Waals surface area contributed by atoms with E-state index in [1.165, 1.54) is 12.1 Å². The van der Waals surface area contributed by atoms with Gasteiger partial charge in [0.1, 0.15) is 5.82 Å². The van der Waals surface area contributed by atoms with Gasteiger partial charge in [0.25, 0.3) is 0 Å². The number of carbonyl (C=O) groups excluding carboxylic acids is 2. The van der Waals surface area contributed by atoms with Crippen LogP contribution in [0, 0.1) is 11.7 Å². The molecule has 0 bridgehead atoms. The van der Waals surface area contributed by atoms with Crippen LogP contribution in [0.25, 0.3) is 0 Å². The number of hydrogen-bond acceptors (Lipinski definition) is 3. The van der Waals surface area contributed by atoms with Gasteiger partial charge in [0, 0.05) is 33.7 Å². The van der Waals surface area contributed by atoms with Gasteiger partial charge in [-0.1, -0.05) is 12.1 Å². The van der Waals surface area contributed by atoms with Crippen molar-refractivity contribution in [2.75, 3.05) is 27.3 Å². The molecule has 0 aliphatic carbocycles. The van der Waals surface area contributed by atoms with Gasteiger partial charge in [0.05, 0.1) is 12.0 Å². The number of hydrogen-bond donors (Lipinski definition) is 1. The largest absolute Gasteiger partial charge is 0.385 e. The first-order chi connectivity index (χ1) is 11.0. The van der Waals surface area contributed by atoms with Crippen molar-refractivity contribution < 1.29 is 18.7 Å². The average Bonchev–Trinajstić information content (AvgIpc) is 2.55. The van der Waals surface area contributed by atoms with Crippen LogP contribution in [0.1, 0.15) is 30.9 Å². The van der Waals surface area contributed by atoms with Gasteiger partial charge in [0.15, 0.2) is 0 Å². The van der Waals surface area contributed by atoms with E-state index in [9.17, 15) is 14.0 Å². The minimum absolute atomic E-state index is 0.00255. The molecule has 1 N–H and O–H groups in total. The van der Waals surface area contributed by atoms with E-state index in [0.29, 0.717) is 26.0 Å². The van der Waals surface area contributed by atoms with Crippen LogP contribution in [0.4, 0.5) is 4.39 Å². The lowest BCUT2D eigenvalue weighted by Crippen LogP contribution is -2.46. The molecule has 126 valence electrons. The van der Waals surface area contributed by atoms with E-state index < -0.39 is 0 Å². The summed E-state index contributed by atoms with van der Waals surface area (Å²) in [6, 6.07) is 5.63. The zero-order valence-corrected chi connectivity index (χ0v) is 13.5. The Hall–Kier alpha value is -1.95. The monoisotopic (exact) mass is 322 g/mol. The SMILES string of the molecule is COCCCNC(=O)[C@@H]1CCC(=O)N(C)[C@@H]1c1ccc(F)cc1. The Balaban J connectivity index is 2.13. The molecule has 2 rings (SSSR count). The zero-order chi connectivity index (χ0) is 16.8. The van der Waals surface area contributed by atoms with Crippen molar-refractivity contribution in [2.45, 2.75) is 25.3 Å². The molecule has 0 aromatic heterocycles. The summed E-state index contributed by atoms with van der Waals surface area (Å²) >= 11 is 0. The van der Waals surface area contributed by atoms with Crippen LogP contribution < -0.4 is 5.32 Å².